The van der Waals surface area contributed by atoms with E-state index in [2.05, 4.69) is 23.2 Å². The molecule has 6 heteroatoms. The Hall–Kier alpha value is -2.86. The number of Topliss-reactive ketones (excluding diaryl/α,β-unsaturated/α-hetero) is 1. The summed E-state index contributed by atoms with van der Waals surface area (Å²) in [5.41, 5.74) is 2.43. The number of hydrogen-bond acceptors (Lipinski definition) is 5. The topological polar surface area (TPSA) is 61.9 Å². The van der Waals surface area contributed by atoms with Crippen LogP contribution in [0.3, 0.4) is 0 Å². The van der Waals surface area contributed by atoms with Crippen LogP contribution in [0.1, 0.15) is 24.2 Å². The van der Waals surface area contributed by atoms with E-state index in [0.29, 0.717) is 17.8 Å². The zero-order valence-corrected chi connectivity index (χ0v) is 16.6. The number of fused-ring (bicyclic) bond motifs is 1. The molecule has 148 valence electrons. The van der Waals surface area contributed by atoms with Crippen molar-refractivity contribution >= 4 is 23.1 Å². The number of nitrogens with one attached hydrogen (secondary N) is 1. The minimum Gasteiger partial charge on any atom is -0.485 e. The summed E-state index contributed by atoms with van der Waals surface area (Å²) in [6.45, 7) is 6.29. The van der Waals surface area contributed by atoms with E-state index < -0.39 is 0 Å². The predicted octanol–water partition coefficient (Wildman–Crippen LogP) is 3.05. The molecule has 0 fully saturated rings. The summed E-state index contributed by atoms with van der Waals surface area (Å²) in [5, 5.41) is 2.87. The van der Waals surface area contributed by atoms with Gasteiger partial charge in [0, 0.05) is 24.3 Å². The molecule has 28 heavy (non-hydrogen) atoms. The van der Waals surface area contributed by atoms with E-state index in [-0.39, 0.29) is 24.3 Å². The highest BCUT2D eigenvalue weighted by molar-refractivity contribution is 5.96. The molecule has 0 bridgehead atoms. The quantitative estimate of drug-likeness (QED) is 0.747. The molecule has 1 amide bonds. The number of rotatable bonds is 7. The third kappa shape index (κ3) is 4.89. The second kappa shape index (κ2) is 8.89. The van der Waals surface area contributed by atoms with Gasteiger partial charge in [-0.2, -0.15) is 0 Å². The van der Waals surface area contributed by atoms with E-state index in [1.165, 1.54) is 6.92 Å². The van der Waals surface area contributed by atoms with Gasteiger partial charge in [-0.1, -0.05) is 12.1 Å². The van der Waals surface area contributed by atoms with E-state index in [0.717, 1.165) is 24.5 Å². The Balaban J connectivity index is 1.53. The van der Waals surface area contributed by atoms with Crippen LogP contribution in [-0.2, 0) is 4.79 Å². The molecule has 0 spiro atoms. The van der Waals surface area contributed by atoms with Crippen LogP contribution in [0, 0.1) is 0 Å². The number of benzene rings is 2. The number of ketones is 1. The molecule has 6 nitrogen and oxygen atoms in total. The van der Waals surface area contributed by atoms with E-state index in [1.54, 1.807) is 24.3 Å². The van der Waals surface area contributed by atoms with Gasteiger partial charge in [-0.05, 0) is 57.3 Å². The molecule has 0 aromatic heterocycles. The van der Waals surface area contributed by atoms with Gasteiger partial charge >= 0.3 is 0 Å². The number of nitrogens with zero attached hydrogens (tertiary/aromatic N) is 2. The monoisotopic (exact) mass is 381 g/mol. The molecular weight excluding hydrogens is 354 g/mol. The Morgan fingerprint density at radius 1 is 1.18 bits per heavy atom. The van der Waals surface area contributed by atoms with Crippen molar-refractivity contribution in [2.24, 2.45) is 0 Å². The lowest BCUT2D eigenvalue weighted by Crippen LogP contribution is -2.46. The average Bonchev–Trinajstić information content (AvgIpc) is 2.67. The van der Waals surface area contributed by atoms with Crippen LogP contribution in [0.5, 0.6) is 5.75 Å². The lowest BCUT2D eigenvalue weighted by atomic mass is 10.1. The zero-order valence-electron chi connectivity index (χ0n) is 16.6. The van der Waals surface area contributed by atoms with Crippen LogP contribution >= 0.6 is 0 Å². The van der Waals surface area contributed by atoms with Gasteiger partial charge in [-0.25, -0.2) is 0 Å². The Morgan fingerprint density at radius 2 is 1.89 bits per heavy atom. The van der Waals surface area contributed by atoms with Gasteiger partial charge in [0.1, 0.15) is 11.9 Å². The minimum atomic E-state index is -0.0957. The highest BCUT2D eigenvalue weighted by atomic mass is 16.5. The Kier molecular flexibility index (Phi) is 6.31. The SMILES string of the molecule is CCN1CC(CN(C)CC(=O)Nc2ccc(C(C)=O)cc2)Oc2ccccc21. The maximum absolute atomic E-state index is 12.3. The summed E-state index contributed by atoms with van der Waals surface area (Å²) in [7, 11) is 1.92. The molecular formula is C22H27N3O3. The first-order valence-electron chi connectivity index (χ1n) is 9.56. The average molecular weight is 381 g/mol. The van der Waals surface area contributed by atoms with Gasteiger partial charge in [0.2, 0.25) is 5.91 Å². The van der Waals surface area contributed by atoms with Crippen molar-refractivity contribution in [3.63, 3.8) is 0 Å². The van der Waals surface area contributed by atoms with Gasteiger partial charge in [-0.3, -0.25) is 14.5 Å². The molecule has 1 N–H and O–H groups in total. The first kappa shape index (κ1) is 19.9. The Labute approximate surface area is 166 Å². The molecule has 1 aliphatic rings. The standard InChI is InChI=1S/C22H27N3O3/c1-4-25-14-19(28-21-8-6-5-7-20(21)25)13-24(3)15-22(27)23-18-11-9-17(10-12-18)16(2)26/h5-12,19H,4,13-15H2,1-3H3,(H,23,27). The lowest BCUT2D eigenvalue weighted by Gasteiger charge is -2.37. The highest BCUT2D eigenvalue weighted by Gasteiger charge is 2.25. The van der Waals surface area contributed by atoms with Crippen molar-refractivity contribution in [1.29, 1.82) is 0 Å². The number of anilines is 2. The van der Waals surface area contributed by atoms with Gasteiger partial charge in [0.15, 0.2) is 5.78 Å². The second-order valence-corrected chi connectivity index (χ2v) is 7.12. The number of amides is 1. The lowest BCUT2D eigenvalue weighted by molar-refractivity contribution is -0.117. The summed E-state index contributed by atoms with van der Waals surface area (Å²) in [5.74, 6) is 0.804. The van der Waals surface area contributed by atoms with Gasteiger partial charge in [-0.15, -0.1) is 0 Å². The van der Waals surface area contributed by atoms with Crippen LogP contribution in [0.2, 0.25) is 0 Å². The fourth-order valence-corrected chi connectivity index (χ4v) is 3.42. The van der Waals surface area contributed by atoms with Crippen LogP contribution in [-0.4, -0.2) is 55.9 Å². The first-order chi connectivity index (χ1) is 13.5. The number of ether oxygens (including phenoxy) is 1. The molecule has 1 atom stereocenters. The third-order valence-corrected chi connectivity index (χ3v) is 4.81. The summed E-state index contributed by atoms with van der Waals surface area (Å²) >= 11 is 0. The molecule has 1 heterocycles. The van der Waals surface area contributed by atoms with Crippen molar-refractivity contribution in [3.05, 3.63) is 54.1 Å². The van der Waals surface area contributed by atoms with Crippen molar-refractivity contribution < 1.29 is 14.3 Å². The van der Waals surface area contributed by atoms with Crippen molar-refractivity contribution in [3.8, 4) is 5.75 Å². The van der Waals surface area contributed by atoms with E-state index >= 15 is 0 Å². The fraction of sp³-hybridized carbons (Fsp3) is 0.364. The molecule has 0 aliphatic carbocycles. The minimum absolute atomic E-state index is 0.00231. The molecule has 1 aliphatic heterocycles. The number of likely N-dealkylation sites (N-methyl/N-ethyl adjacent to an activating group) is 2. The van der Waals surface area contributed by atoms with Crippen LogP contribution in [0.25, 0.3) is 0 Å². The van der Waals surface area contributed by atoms with E-state index in [1.807, 2.05) is 30.1 Å². The number of hydrogen-bond donors (Lipinski definition) is 1. The maximum atomic E-state index is 12.3. The Morgan fingerprint density at radius 3 is 2.57 bits per heavy atom. The molecule has 3 rings (SSSR count). The van der Waals surface area contributed by atoms with Crippen molar-refractivity contribution in [2.45, 2.75) is 20.0 Å². The molecule has 2 aromatic rings. The number of carbonyl (C=O) groups excluding carboxylic acids is 2. The molecule has 0 saturated carbocycles. The summed E-state index contributed by atoms with van der Waals surface area (Å²) < 4.78 is 6.12. The van der Waals surface area contributed by atoms with Gasteiger partial charge < -0.3 is 15.0 Å². The largest absolute Gasteiger partial charge is 0.485 e. The molecule has 2 aromatic carbocycles. The van der Waals surface area contributed by atoms with Crippen LogP contribution < -0.4 is 15.0 Å². The van der Waals surface area contributed by atoms with Crippen LogP contribution in [0.4, 0.5) is 11.4 Å². The molecule has 1 unspecified atom stereocenters. The fourth-order valence-electron chi connectivity index (χ4n) is 3.42. The molecule has 0 radical (unpaired) electrons. The van der Waals surface area contributed by atoms with Gasteiger partial charge in [0.05, 0.1) is 18.8 Å². The third-order valence-electron chi connectivity index (χ3n) is 4.81. The van der Waals surface area contributed by atoms with E-state index in [9.17, 15) is 9.59 Å². The van der Waals surface area contributed by atoms with Gasteiger partial charge in [0.25, 0.3) is 0 Å². The normalized spacial score (nSPS) is 15.7. The summed E-state index contributed by atoms with van der Waals surface area (Å²) in [6, 6.07) is 15.0. The van der Waals surface area contributed by atoms with E-state index in [4.69, 9.17) is 4.74 Å². The maximum Gasteiger partial charge on any atom is 0.238 e. The first-order valence-corrected chi connectivity index (χ1v) is 9.56. The zero-order chi connectivity index (χ0) is 20.1. The highest BCUT2D eigenvalue weighted by Crippen LogP contribution is 2.32. The summed E-state index contributed by atoms with van der Waals surface area (Å²) in [6.07, 6.45) is 0.00231. The van der Waals surface area contributed by atoms with Crippen LogP contribution in [0.15, 0.2) is 48.5 Å². The number of carbonyl (C=O) groups is 2. The predicted molar refractivity (Wildman–Crippen MR) is 111 cm³/mol. The summed E-state index contributed by atoms with van der Waals surface area (Å²) in [4.78, 5) is 27.9. The van der Waals surface area contributed by atoms with Crippen molar-refractivity contribution in [1.82, 2.24) is 4.90 Å². The van der Waals surface area contributed by atoms with Crippen molar-refractivity contribution in [2.75, 3.05) is 43.4 Å². The smallest absolute Gasteiger partial charge is 0.238 e. The molecule has 0 saturated heterocycles. The number of para-hydroxylation sites is 2. The Bertz CT molecular complexity index is 835. The second-order valence-electron chi connectivity index (χ2n) is 7.12.